The molecule has 2 aliphatic carbocycles. The van der Waals surface area contributed by atoms with Crippen molar-refractivity contribution in [2.75, 3.05) is 12.4 Å². The Balaban J connectivity index is 0.000000355. The largest absolute Gasteiger partial charge is 0.490 e. The predicted octanol–water partition coefficient (Wildman–Crippen LogP) is 3.99. The second-order valence-corrected chi connectivity index (χ2v) is 9.20. The summed E-state index contributed by atoms with van der Waals surface area (Å²) in [6, 6.07) is 4.96. The molecule has 2 fully saturated rings. The number of halogens is 3. The predicted molar refractivity (Wildman–Crippen MR) is 130 cm³/mol. The van der Waals surface area contributed by atoms with Crippen LogP contribution in [0.15, 0.2) is 30.9 Å². The molecular weight excluding hydrogens is 491 g/mol. The van der Waals surface area contributed by atoms with Gasteiger partial charge in [-0.3, -0.25) is 0 Å². The van der Waals surface area contributed by atoms with E-state index in [1.807, 2.05) is 13.2 Å². The van der Waals surface area contributed by atoms with Gasteiger partial charge in [0, 0.05) is 42.5 Å². The summed E-state index contributed by atoms with van der Waals surface area (Å²) in [4.78, 5) is 26.1. The van der Waals surface area contributed by atoms with Gasteiger partial charge < -0.3 is 30.4 Å². The molecule has 10 nitrogen and oxygen atoms in total. The number of nitrogens with two attached hydrogens (primary N) is 1. The minimum absolute atomic E-state index is 0.165. The van der Waals surface area contributed by atoms with E-state index in [9.17, 15) is 13.2 Å². The van der Waals surface area contributed by atoms with Crippen LogP contribution in [0, 0.1) is 0 Å². The number of carboxylic acids is 1. The van der Waals surface area contributed by atoms with Crippen molar-refractivity contribution in [2.24, 2.45) is 5.73 Å². The number of hydrogen-bond donors (Lipinski definition) is 4. The molecule has 4 heterocycles. The number of hydrogen-bond acceptors (Lipinski definition) is 7. The highest BCUT2D eigenvalue weighted by molar-refractivity contribution is 5.97. The highest BCUT2D eigenvalue weighted by Gasteiger charge is 2.38. The van der Waals surface area contributed by atoms with Gasteiger partial charge in [0.15, 0.2) is 5.65 Å². The van der Waals surface area contributed by atoms with Crippen molar-refractivity contribution in [2.45, 2.75) is 56.7 Å². The summed E-state index contributed by atoms with van der Waals surface area (Å²) in [5, 5.41) is 11.5. The molecule has 0 aromatic carbocycles. The monoisotopic (exact) mass is 517 g/mol. The van der Waals surface area contributed by atoms with Crippen molar-refractivity contribution in [3.05, 3.63) is 36.4 Å². The lowest BCUT2D eigenvalue weighted by molar-refractivity contribution is -0.192. The second kappa shape index (κ2) is 9.63. The SMILES string of the molecule is CNc1cc(-c2cn(C3CC3)c3ncc(COC4CC[C@H]4N)cc23)nc2nc[nH]c12.O=C(O)C(F)(F)F. The number of imidazole rings is 1. The lowest BCUT2D eigenvalue weighted by Gasteiger charge is -2.33. The minimum Gasteiger partial charge on any atom is -0.475 e. The number of anilines is 1. The number of aromatic amines is 1. The number of H-pyrrole nitrogens is 1. The number of fused-ring (bicyclic) bond motifs is 2. The first kappa shape index (κ1) is 25.0. The van der Waals surface area contributed by atoms with E-state index < -0.39 is 12.1 Å². The molecule has 4 aromatic heterocycles. The normalized spacial score (nSPS) is 19.4. The minimum atomic E-state index is -5.08. The number of carboxylic acid groups (broad SMARTS) is 1. The number of carbonyl (C=O) groups is 1. The van der Waals surface area contributed by atoms with Crippen LogP contribution < -0.4 is 11.1 Å². The molecule has 5 N–H and O–H groups in total. The van der Waals surface area contributed by atoms with E-state index in [2.05, 4.69) is 38.2 Å². The quantitative estimate of drug-likeness (QED) is 0.301. The number of ether oxygens (including phenoxy) is 1. The van der Waals surface area contributed by atoms with E-state index in [0.717, 1.165) is 51.9 Å². The number of pyridine rings is 2. The van der Waals surface area contributed by atoms with Crippen molar-refractivity contribution >= 4 is 33.9 Å². The van der Waals surface area contributed by atoms with Gasteiger partial charge in [-0.1, -0.05) is 0 Å². The maximum Gasteiger partial charge on any atom is 0.490 e. The number of aliphatic carboxylic acids is 1. The summed E-state index contributed by atoms with van der Waals surface area (Å²) in [6.45, 7) is 0.531. The van der Waals surface area contributed by atoms with Crippen LogP contribution in [0.25, 0.3) is 33.5 Å². The standard InChI is InChI=1S/C22H25N7O.C2HF3O2/c1-24-18-7-17(28-21-20(18)26-11-27-21)15-9-29(13-2-3-13)22-14(15)6-12(8-25-22)10-30-19-5-4-16(19)23;3-2(4,5)1(6)7/h6-9,11,13,16,19H,2-5,10,23H2,1H3,(H2,24,26,27,28);(H,6,7)/t16-,19?;/m1./s1. The molecule has 0 spiro atoms. The third-order valence-corrected chi connectivity index (χ3v) is 6.58. The Kier molecular flexibility index (Phi) is 6.50. The van der Waals surface area contributed by atoms with Gasteiger partial charge >= 0.3 is 12.1 Å². The van der Waals surface area contributed by atoms with Crippen LogP contribution >= 0.6 is 0 Å². The molecule has 2 atom stereocenters. The molecule has 0 aliphatic heterocycles. The molecule has 1 unspecified atom stereocenters. The third kappa shape index (κ3) is 5.09. The van der Waals surface area contributed by atoms with Gasteiger partial charge in [-0.2, -0.15) is 13.2 Å². The van der Waals surface area contributed by atoms with Crippen molar-refractivity contribution in [3.63, 3.8) is 0 Å². The van der Waals surface area contributed by atoms with Crippen LogP contribution in [0.1, 0.15) is 37.3 Å². The molecule has 13 heteroatoms. The average molecular weight is 518 g/mol. The first-order valence-corrected chi connectivity index (χ1v) is 11.8. The van der Waals surface area contributed by atoms with E-state index in [-0.39, 0.29) is 12.1 Å². The fraction of sp³-hybridized carbons (Fsp3) is 0.417. The van der Waals surface area contributed by atoms with Gasteiger partial charge in [-0.05, 0) is 43.4 Å². The topological polar surface area (TPSA) is 144 Å². The Morgan fingerprint density at radius 3 is 2.62 bits per heavy atom. The maximum absolute atomic E-state index is 10.6. The summed E-state index contributed by atoms with van der Waals surface area (Å²) in [5.74, 6) is -2.76. The van der Waals surface area contributed by atoms with Gasteiger partial charge in [0.25, 0.3) is 0 Å². The van der Waals surface area contributed by atoms with Crippen molar-refractivity contribution in [3.8, 4) is 11.3 Å². The zero-order valence-corrected chi connectivity index (χ0v) is 19.9. The molecule has 2 aliphatic rings. The Morgan fingerprint density at radius 2 is 2.03 bits per heavy atom. The molecular formula is C24H26F3N7O3. The number of nitrogens with one attached hydrogen (secondary N) is 2. The molecule has 196 valence electrons. The molecule has 0 bridgehead atoms. The Hall–Kier alpha value is -3.71. The first-order chi connectivity index (χ1) is 17.7. The van der Waals surface area contributed by atoms with Crippen LogP contribution in [0.4, 0.5) is 18.9 Å². The number of nitrogens with zero attached hydrogens (tertiary/aromatic N) is 4. The molecule has 2 saturated carbocycles. The number of rotatable bonds is 6. The Morgan fingerprint density at radius 1 is 1.27 bits per heavy atom. The Bertz CT molecular complexity index is 1440. The zero-order valence-electron chi connectivity index (χ0n) is 19.9. The fourth-order valence-corrected chi connectivity index (χ4v) is 4.25. The van der Waals surface area contributed by atoms with Crippen LogP contribution in [0.2, 0.25) is 0 Å². The van der Waals surface area contributed by atoms with Crippen molar-refractivity contribution in [1.29, 1.82) is 0 Å². The van der Waals surface area contributed by atoms with Crippen molar-refractivity contribution < 1.29 is 27.8 Å². The molecule has 0 saturated heterocycles. The third-order valence-electron chi connectivity index (χ3n) is 6.58. The van der Waals surface area contributed by atoms with Gasteiger partial charge in [-0.25, -0.2) is 19.7 Å². The summed E-state index contributed by atoms with van der Waals surface area (Å²) in [5.41, 5.74) is 12.7. The van der Waals surface area contributed by atoms with E-state index in [1.54, 1.807) is 6.33 Å². The van der Waals surface area contributed by atoms with Crippen LogP contribution in [0.3, 0.4) is 0 Å². The number of alkyl halides is 3. The second-order valence-electron chi connectivity index (χ2n) is 9.20. The van der Waals surface area contributed by atoms with Gasteiger partial charge in [0.2, 0.25) is 0 Å². The van der Waals surface area contributed by atoms with Crippen molar-refractivity contribution in [1.82, 2.24) is 24.5 Å². The first-order valence-electron chi connectivity index (χ1n) is 11.8. The summed E-state index contributed by atoms with van der Waals surface area (Å²) in [6.07, 6.45) is 5.37. The molecule has 4 aromatic rings. The molecule has 37 heavy (non-hydrogen) atoms. The summed E-state index contributed by atoms with van der Waals surface area (Å²) < 4.78 is 40.0. The highest BCUT2D eigenvalue weighted by atomic mass is 19.4. The van der Waals surface area contributed by atoms with Gasteiger partial charge in [0.1, 0.15) is 11.2 Å². The molecule has 6 rings (SSSR count). The fourth-order valence-electron chi connectivity index (χ4n) is 4.25. The van der Waals surface area contributed by atoms with Crippen LogP contribution in [-0.4, -0.2) is 60.9 Å². The smallest absolute Gasteiger partial charge is 0.475 e. The van der Waals surface area contributed by atoms with E-state index >= 15 is 0 Å². The van der Waals surface area contributed by atoms with Crippen LogP contribution in [-0.2, 0) is 16.1 Å². The highest BCUT2D eigenvalue weighted by Crippen LogP contribution is 2.41. The van der Waals surface area contributed by atoms with Gasteiger partial charge in [-0.15, -0.1) is 0 Å². The molecule has 0 amide bonds. The van der Waals surface area contributed by atoms with E-state index in [4.69, 9.17) is 30.3 Å². The lowest BCUT2D eigenvalue weighted by Crippen LogP contribution is -2.45. The zero-order chi connectivity index (χ0) is 26.3. The van der Waals surface area contributed by atoms with Crippen LogP contribution in [0.5, 0.6) is 0 Å². The Labute approximate surface area is 209 Å². The maximum atomic E-state index is 10.6. The lowest BCUT2D eigenvalue weighted by atomic mass is 9.90. The van der Waals surface area contributed by atoms with E-state index in [1.165, 1.54) is 12.8 Å². The molecule has 0 radical (unpaired) electrons. The average Bonchev–Trinajstić information content (AvgIpc) is 3.46. The summed E-state index contributed by atoms with van der Waals surface area (Å²) in [7, 11) is 1.91. The summed E-state index contributed by atoms with van der Waals surface area (Å²) >= 11 is 0. The van der Waals surface area contributed by atoms with E-state index in [0.29, 0.717) is 18.3 Å². The number of aromatic nitrogens is 5. The van der Waals surface area contributed by atoms with Gasteiger partial charge in [0.05, 0.1) is 30.4 Å².